The van der Waals surface area contributed by atoms with Crippen molar-refractivity contribution in [3.8, 4) is 0 Å². The molecular weight excluding hydrogens is 303 g/mol. The van der Waals surface area contributed by atoms with Crippen molar-refractivity contribution in [3.05, 3.63) is 46.4 Å². The molecule has 0 fully saturated rings. The van der Waals surface area contributed by atoms with Crippen LogP contribution < -0.4 is 0 Å². The van der Waals surface area contributed by atoms with Gasteiger partial charge in [0, 0.05) is 10.8 Å². The highest BCUT2D eigenvalue weighted by Gasteiger charge is 2.15. The van der Waals surface area contributed by atoms with Gasteiger partial charge in [-0.05, 0) is 45.7 Å². The van der Waals surface area contributed by atoms with Crippen LogP contribution >= 0.6 is 27.5 Å². The highest BCUT2D eigenvalue weighted by atomic mass is 79.9. The van der Waals surface area contributed by atoms with Gasteiger partial charge in [0.25, 0.3) is 5.24 Å². The molecule has 1 heterocycles. The van der Waals surface area contributed by atoms with E-state index in [4.69, 9.17) is 16.0 Å². The van der Waals surface area contributed by atoms with Gasteiger partial charge in [-0.25, -0.2) is 0 Å². The first-order valence-electron chi connectivity index (χ1n) is 4.98. The highest BCUT2D eigenvalue weighted by Crippen LogP contribution is 2.35. The standard InChI is InChI=1S/C13H6BrClO2/c14-11-9(13(15)16)6-5-8-7-3-1-2-4-10(7)17-12(8)11/h1-6H. The topological polar surface area (TPSA) is 30.2 Å². The summed E-state index contributed by atoms with van der Waals surface area (Å²) in [7, 11) is 0. The van der Waals surface area contributed by atoms with Crippen LogP contribution in [0.1, 0.15) is 10.4 Å². The van der Waals surface area contributed by atoms with E-state index in [1.165, 1.54) is 0 Å². The zero-order valence-electron chi connectivity index (χ0n) is 8.54. The van der Waals surface area contributed by atoms with E-state index in [0.29, 0.717) is 15.6 Å². The fourth-order valence-electron chi connectivity index (χ4n) is 1.91. The Morgan fingerprint density at radius 3 is 2.65 bits per heavy atom. The van der Waals surface area contributed by atoms with Gasteiger partial charge in [0.2, 0.25) is 0 Å². The summed E-state index contributed by atoms with van der Waals surface area (Å²) in [6.45, 7) is 0. The number of carbonyl (C=O) groups is 1. The van der Waals surface area contributed by atoms with Gasteiger partial charge in [-0.1, -0.05) is 18.2 Å². The van der Waals surface area contributed by atoms with Crippen molar-refractivity contribution in [2.45, 2.75) is 0 Å². The van der Waals surface area contributed by atoms with Crippen molar-refractivity contribution >= 4 is 54.7 Å². The van der Waals surface area contributed by atoms with Gasteiger partial charge in [0.1, 0.15) is 11.2 Å². The first-order chi connectivity index (χ1) is 8.18. The molecule has 1 aromatic heterocycles. The van der Waals surface area contributed by atoms with Crippen LogP contribution in [-0.2, 0) is 0 Å². The fraction of sp³-hybridized carbons (Fsp3) is 0. The predicted octanol–water partition coefficient (Wildman–Crippen LogP) is 4.73. The molecule has 3 aromatic rings. The lowest BCUT2D eigenvalue weighted by molar-refractivity contribution is 0.108. The van der Waals surface area contributed by atoms with Crippen LogP contribution in [0.5, 0.6) is 0 Å². The summed E-state index contributed by atoms with van der Waals surface area (Å²) in [6.07, 6.45) is 0. The van der Waals surface area contributed by atoms with E-state index in [1.807, 2.05) is 30.3 Å². The Labute approximate surface area is 110 Å². The molecule has 0 saturated carbocycles. The van der Waals surface area contributed by atoms with Gasteiger partial charge < -0.3 is 4.42 Å². The molecule has 84 valence electrons. The minimum atomic E-state index is -0.501. The molecule has 0 N–H and O–H groups in total. The monoisotopic (exact) mass is 308 g/mol. The molecule has 4 heteroatoms. The van der Waals surface area contributed by atoms with Crippen LogP contribution in [0.2, 0.25) is 0 Å². The average Bonchev–Trinajstić information content (AvgIpc) is 2.69. The number of hydrogen-bond acceptors (Lipinski definition) is 2. The summed E-state index contributed by atoms with van der Waals surface area (Å²) in [5, 5.41) is 1.49. The Morgan fingerprint density at radius 1 is 1.12 bits per heavy atom. The van der Waals surface area contributed by atoms with Gasteiger partial charge in [-0.2, -0.15) is 0 Å². The lowest BCUT2D eigenvalue weighted by Gasteiger charge is -1.98. The van der Waals surface area contributed by atoms with Crippen molar-refractivity contribution in [2.75, 3.05) is 0 Å². The van der Waals surface area contributed by atoms with E-state index >= 15 is 0 Å². The number of para-hydroxylation sites is 1. The SMILES string of the molecule is O=C(Cl)c1ccc2c(oc3ccccc32)c1Br. The summed E-state index contributed by atoms with van der Waals surface area (Å²) in [4.78, 5) is 11.2. The lowest BCUT2D eigenvalue weighted by atomic mass is 10.1. The minimum absolute atomic E-state index is 0.415. The average molecular weight is 310 g/mol. The molecule has 0 unspecified atom stereocenters. The number of fused-ring (bicyclic) bond motifs is 3. The van der Waals surface area contributed by atoms with Gasteiger partial charge in [-0.15, -0.1) is 0 Å². The predicted molar refractivity (Wildman–Crippen MR) is 71.6 cm³/mol. The molecule has 0 radical (unpaired) electrons. The van der Waals surface area contributed by atoms with E-state index in [9.17, 15) is 4.79 Å². The first kappa shape index (κ1) is 10.8. The molecule has 2 nitrogen and oxygen atoms in total. The fourth-order valence-corrected chi connectivity index (χ4v) is 2.79. The van der Waals surface area contributed by atoms with E-state index < -0.39 is 5.24 Å². The van der Waals surface area contributed by atoms with Crippen LogP contribution in [0.3, 0.4) is 0 Å². The normalized spacial score (nSPS) is 11.2. The second-order valence-electron chi connectivity index (χ2n) is 3.68. The van der Waals surface area contributed by atoms with E-state index in [-0.39, 0.29) is 0 Å². The largest absolute Gasteiger partial charge is 0.455 e. The summed E-state index contributed by atoms with van der Waals surface area (Å²) in [5.74, 6) is 0. The summed E-state index contributed by atoms with van der Waals surface area (Å²) >= 11 is 8.86. The zero-order valence-corrected chi connectivity index (χ0v) is 10.9. The molecule has 17 heavy (non-hydrogen) atoms. The Kier molecular flexibility index (Phi) is 2.45. The number of benzene rings is 2. The summed E-state index contributed by atoms with van der Waals surface area (Å²) in [6, 6.07) is 11.3. The lowest BCUT2D eigenvalue weighted by Crippen LogP contribution is -1.89. The molecule has 0 aliphatic carbocycles. The van der Waals surface area contributed by atoms with E-state index in [2.05, 4.69) is 15.9 Å². The van der Waals surface area contributed by atoms with Crippen LogP contribution in [0.4, 0.5) is 0 Å². The quantitative estimate of drug-likeness (QED) is 0.608. The van der Waals surface area contributed by atoms with Crippen molar-refractivity contribution < 1.29 is 9.21 Å². The number of carbonyl (C=O) groups excluding carboxylic acids is 1. The molecule has 0 aliphatic heterocycles. The van der Waals surface area contributed by atoms with E-state index in [1.54, 1.807) is 6.07 Å². The smallest absolute Gasteiger partial charge is 0.253 e. The first-order valence-corrected chi connectivity index (χ1v) is 6.15. The molecule has 0 bridgehead atoms. The third-order valence-corrected chi connectivity index (χ3v) is 3.69. The number of hydrogen-bond donors (Lipinski definition) is 0. The molecule has 0 aliphatic rings. The molecule has 3 rings (SSSR count). The minimum Gasteiger partial charge on any atom is -0.455 e. The third kappa shape index (κ3) is 1.58. The number of halogens is 2. The van der Waals surface area contributed by atoms with Gasteiger partial charge in [-0.3, -0.25) is 4.79 Å². The highest BCUT2D eigenvalue weighted by molar-refractivity contribution is 9.10. The Balaban J connectivity index is 2.48. The number of rotatable bonds is 1. The van der Waals surface area contributed by atoms with Gasteiger partial charge in [0.05, 0.1) is 10.0 Å². The number of furan rings is 1. The van der Waals surface area contributed by atoms with Crippen molar-refractivity contribution in [3.63, 3.8) is 0 Å². The van der Waals surface area contributed by atoms with Gasteiger partial charge in [0.15, 0.2) is 0 Å². The Bertz CT molecular complexity index is 746. The maximum Gasteiger partial charge on any atom is 0.253 e. The third-order valence-electron chi connectivity index (χ3n) is 2.70. The molecule has 0 atom stereocenters. The summed E-state index contributed by atoms with van der Waals surface area (Å²) < 4.78 is 6.32. The maximum absolute atomic E-state index is 11.2. The second kappa shape index (κ2) is 3.86. The second-order valence-corrected chi connectivity index (χ2v) is 4.81. The van der Waals surface area contributed by atoms with Crippen molar-refractivity contribution in [2.24, 2.45) is 0 Å². The Hall–Kier alpha value is -1.32. The van der Waals surface area contributed by atoms with Crippen molar-refractivity contribution in [1.82, 2.24) is 0 Å². The molecular formula is C13H6BrClO2. The van der Waals surface area contributed by atoms with Gasteiger partial charge >= 0.3 is 0 Å². The Morgan fingerprint density at radius 2 is 1.88 bits per heavy atom. The van der Waals surface area contributed by atoms with Crippen LogP contribution in [0.15, 0.2) is 45.3 Å². The van der Waals surface area contributed by atoms with E-state index in [0.717, 1.165) is 16.4 Å². The molecule has 0 saturated heterocycles. The van der Waals surface area contributed by atoms with Crippen molar-refractivity contribution in [1.29, 1.82) is 0 Å². The van der Waals surface area contributed by atoms with Crippen LogP contribution in [-0.4, -0.2) is 5.24 Å². The molecule has 2 aromatic carbocycles. The van der Waals surface area contributed by atoms with Crippen LogP contribution in [0, 0.1) is 0 Å². The summed E-state index contributed by atoms with van der Waals surface area (Å²) in [5.41, 5.74) is 1.86. The van der Waals surface area contributed by atoms with Crippen LogP contribution in [0.25, 0.3) is 21.9 Å². The zero-order chi connectivity index (χ0) is 12.0. The molecule has 0 spiro atoms. The molecule has 0 amide bonds. The maximum atomic E-state index is 11.2.